The van der Waals surface area contributed by atoms with E-state index in [1.807, 2.05) is 0 Å². The molecule has 0 fully saturated rings. The number of esters is 1. The summed E-state index contributed by atoms with van der Waals surface area (Å²) < 4.78 is 6.14. The maximum atomic E-state index is 11.2. The van der Waals surface area contributed by atoms with E-state index in [9.17, 15) is 4.79 Å². The van der Waals surface area contributed by atoms with Crippen LogP contribution in [0.15, 0.2) is 6.20 Å². The molecule has 0 bridgehead atoms. The summed E-state index contributed by atoms with van der Waals surface area (Å²) in [4.78, 5) is 14.4. The molecule has 5 heteroatoms. The van der Waals surface area contributed by atoms with Gasteiger partial charge in [0.2, 0.25) is 5.69 Å². The molecule has 0 atom stereocenters. The number of nitrogens with zero attached hydrogens (tertiary/aromatic N) is 3. The lowest BCUT2D eigenvalue weighted by molar-refractivity contribution is 0.0520. The molecule has 1 aromatic rings. The number of aryl methyl sites for hydroxylation is 1. The molecule has 1 rings (SSSR count). The van der Waals surface area contributed by atoms with Crippen LogP contribution in [0.4, 0.5) is 5.69 Å². The van der Waals surface area contributed by atoms with E-state index in [0.29, 0.717) is 0 Å². The van der Waals surface area contributed by atoms with E-state index >= 15 is 0 Å². The number of aromatic nitrogens is 2. The van der Waals surface area contributed by atoms with E-state index in [4.69, 9.17) is 11.3 Å². The Morgan fingerprint density at radius 3 is 3.08 bits per heavy atom. The van der Waals surface area contributed by atoms with Crippen LogP contribution in [0.3, 0.4) is 0 Å². The van der Waals surface area contributed by atoms with Gasteiger partial charge in [-0.2, -0.15) is 5.10 Å². The van der Waals surface area contributed by atoms with Gasteiger partial charge in [-0.3, -0.25) is 4.68 Å². The molecule has 0 aliphatic heterocycles. The first-order valence-electron chi connectivity index (χ1n) is 3.77. The first kappa shape index (κ1) is 9.26. The van der Waals surface area contributed by atoms with Crippen LogP contribution >= 0.6 is 0 Å². The van der Waals surface area contributed by atoms with Crippen LogP contribution in [0.2, 0.25) is 0 Å². The minimum atomic E-state index is -0.547. The summed E-state index contributed by atoms with van der Waals surface area (Å²) in [7, 11) is 1.65. The van der Waals surface area contributed by atoms with Gasteiger partial charge in [0.25, 0.3) is 0 Å². The number of hydrogen-bond acceptors (Lipinski definition) is 3. The van der Waals surface area contributed by atoms with Gasteiger partial charge in [0.15, 0.2) is 5.69 Å². The summed E-state index contributed by atoms with van der Waals surface area (Å²) in [5.41, 5.74) is 0.306. The van der Waals surface area contributed by atoms with Gasteiger partial charge in [-0.1, -0.05) is 0 Å². The topological polar surface area (TPSA) is 48.5 Å². The van der Waals surface area contributed by atoms with Gasteiger partial charge >= 0.3 is 5.97 Å². The lowest BCUT2D eigenvalue weighted by Gasteiger charge is -1.97. The van der Waals surface area contributed by atoms with Gasteiger partial charge < -0.3 is 4.74 Å². The summed E-state index contributed by atoms with van der Waals surface area (Å²) in [6.07, 6.45) is 1.49. The van der Waals surface area contributed by atoms with Crippen LogP contribution in [-0.2, 0) is 11.8 Å². The van der Waals surface area contributed by atoms with Crippen molar-refractivity contribution in [1.29, 1.82) is 0 Å². The molecule has 0 amide bonds. The molecule has 0 saturated carbocycles. The average Bonchev–Trinajstić information content (AvgIpc) is 2.47. The number of carbonyl (C=O) groups is 1. The van der Waals surface area contributed by atoms with Crippen LogP contribution < -0.4 is 0 Å². The third-order valence-corrected chi connectivity index (χ3v) is 1.40. The number of ether oxygens (including phenoxy) is 1. The van der Waals surface area contributed by atoms with E-state index < -0.39 is 5.97 Å². The smallest absolute Gasteiger partial charge is 0.347 e. The van der Waals surface area contributed by atoms with E-state index in [-0.39, 0.29) is 18.0 Å². The number of carbonyl (C=O) groups excluding carboxylic acids is 1. The van der Waals surface area contributed by atoms with Gasteiger partial charge in [-0.15, -0.1) is 0 Å². The maximum absolute atomic E-state index is 11.2. The Bertz CT molecular complexity index is 362. The maximum Gasteiger partial charge on any atom is 0.347 e. The van der Waals surface area contributed by atoms with Gasteiger partial charge in [0.1, 0.15) is 0 Å². The molecular weight excluding hydrogens is 170 g/mol. The standard InChI is InChI=1S/C8H9N3O2/c1-4-13-8(12)7-6(9-2)5-11(3)10-7/h5H,4H2,1,3H3. The van der Waals surface area contributed by atoms with E-state index in [1.54, 1.807) is 14.0 Å². The van der Waals surface area contributed by atoms with Crippen LogP contribution in [0, 0.1) is 6.57 Å². The Morgan fingerprint density at radius 2 is 2.54 bits per heavy atom. The Balaban J connectivity index is 3.00. The zero-order valence-corrected chi connectivity index (χ0v) is 7.44. The predicted molar refractivity (Wildman–Crippen MR) is 45.4 cm³/mol. The molecule has 5 nitrogen and oxygen atoms in total. The Kier molecular flexibility index (Phi) is 2.65. The van der Waals surface area contributed by atoms with E-state index in [2.05, 4.69) is 9.94 Å². The second-order valence-corrected chi connectivity index (χ2v) is 2.37. The molecule has 0 radical (unpaired) electrons. The minimum Gasteiger partial charge on any atom is -0.462 e. The van der Waals surface area contributed by atoms with Crippen molar-refractivity contribution in [2.75, 3.05) is 6.61 Å². The van der Waals surface area contributed by atoms with Crippen molar-refractivity contribution in [1.82, 2.24) is 9.78 Å². The van der Waals surface area contributed by atoms with Crippen molar-refractivity contribution in [3.63, 3.8) is 0 Å². The zero-order valence-electron chi connectivity index (χ0n) is 7.44. The van der Waals surface area contributed by atoms with Crippen LogP contribution in [0.25, 0.3) is 4.85 Å². The minimum absolute atomic E-state index is 0.0827. The van der Waals surface area contributed by atoms with Crippen molar-refractivity contribution >= 4 is 11.7 Å². The fourth-order valence-electron chi connectivity index (χ4n) is 0.903. The van der Waals surface area contributed by atoms with Crippen molar-refractivity contribution in [3.8, 4) is 0 Å². The third kappa shape index (κ3) is 1.85. The van der Waals surface area contributed by atoms with Crippen LogP contribution in [0.5, 0.6) is 0 Å². The Morgan fingerprint density at radius 1 is 1.85 bits per heavy atom. The summed E-state index contributed by atoms with van der Waals surface area (Å²) in [5, 5.41) is 3.83. The van der Waals surface area contributed by atoms with Gasteiger partial charge in [0.05, 0.1) is 13.2 Å². The van der Waals surface area contributed by atoms with Crippen LogP contribution in [0.1, 0.15) is 17.4 Å². The second kappa shape index (κ2) is 3.72. The highest BCUT2D eigenvalue weighted by molar-refractivity contribution is 5.93. The highest BCUT2D eigenvalue weighted by Crippen LogP contribution is 2.17. The van der Waals surface area contributed by atoms with Gasteiger partial charge in [-0.25, -0.2) is 9.64 Å². The Labute approximate surface area is 75.7 Å². The summed E-state index contributed by atoms with van der Waals surface area (Å²) in [6.45, 7) is 8.78. The van der Waals surface area contributed by atoms with E-state index in [1.165, 1.54) is 10.9 Å². The molecule has 68 valence electrons. The molecule has 0 aromatic carbocycles. The Hall–Kier alpha value is -1.83. The van der Waals surface area contributed by atoms with Crippen LogP contribution in [-0.4, -0.2) is 22.4 Å². The van der Waals surface area contributed by atoms with Crippen molar-refractivity contribution in [2.45, 2.75) is 6.92 Å². The van der Waals surface area contributed by atoms with Gasteiger partial charge in [-0.05, 0) is 6.92 Å². The lowest BCUT2D eigenvalue weighted by Crippen LogP contribution is -2.06. The summed E-state index contributed by atoms with van der Waals surface area (Å²) in [6, 6.07) is 0. The summed E-state index contributed by atoms with van der Waals surface area (Å²) in [5.74, 6) is -0.547. The predicted octanol–water partition coefficient (Wildman–Crippen LogP) is 1.15. The SMILES string of the molecule is [C-]#[N+]c1cn(C)nc1C(=O)OCC. The quantitative estimate of drug-likeness (QED) is 0.505. The molecule has 1 aromatic heterocycles. The molecule has 0 aliphatic rings. The zero-order chi connectivity index (χ0) is 9.84. The molecule has 0 aliphatic carbocycles. The number of hydrogen-bond donors (Lipinski definition) is 0. The van der Waals surface area contributed by atoms with Crippen molar-refractivity contribution < 1.29 is 9.53 Å². The normalized spacial score (nSPS) is 9.31. The molecule has 0 saturated heterocycles. The first-order chi connectivity index (χ1) is 6.19. The third-order valence-electron chi connectivity index (χ3n) is 1.40. The molecule has 0 N–H and O–H groups in total. The molecular formula is C8H9N3O2. The lowest BCUT2D eigenvalue weighted by atomic mass is 10.4. The van der Waals surface area contributed by atoms with Crippen molar-refractivity contribution in [2.24, 2.45) is 7.05 Å². The highest BCUT2D eigenvalue weighted by Gasteiger charge is 2.16. The fraction of sp³-hybridized carbons (Fsp3) is 0.375. The first-order valence-corrected chi connectivity index (χ1v) is 3.77. The summed E-state index contributed by atoms with van der Waals surface area (Å²) >= 11 is 0. The molecule has 13 heavy (non-hydrogen) atoms. The molecule has 0 spiro atoms. The van der Waals surface area contributed by atoms with Gasteiger partial charge in [0, 0.05) is 13.2 Å². The fourth-order valence-corrected chi connectivity index (χ4v) is 0.903. The average molecular weight is 179 g/mol. The number of rotatable bonds is 2. The largest absolute Gasteiger partial charge is 0.462 e. The van der Waals surface area contributed by atoms with E-state index in [0.717, 1.165) is 0 Å². The molecule has 1 heterocycles. The second-order valence-electron chi connectivity index (χ2n) is 2.37. The highest BCUT2D eigenvalue weighted by atomic mass is 16.5. The molecule has 0 unspecified atom stereocenters. The monoisotopic (exact) mass is 179 g/mol. The van der Waals surface area contributed by atoms with Crippen molar-refractivity contribution in [3.05, 3.63) is 23.3 Å².